The van der Waals surface area contributed by atoms with Crippen LogP contribution in [-0.4, -0.2) is 39.7 Å². The van der Waals surface area contributed by atoms with Crippen LogP contribution in [0.4, 0.5) is 0 Å². The van der Waals surface area contributed by atoms with Crippen molar-refractivity contribution in [1.29, 1.82) is 0 Å². The smallest absolute Gasteiger partial charge is 0.229 e. The Morgan fingerprint density at radius 1 is 1.00 bits per heavy atom. The summed E-state index contributed by atoms with van der Waals surface area (Å²) in [6.07, 6.45) is 6.64. The number of fused-ring (bicyclic) bond motifs is 1. The Morgan fingerprint density at radius 3 is 2.47 bits per heavy atom. The summed E-state index contributed by atoms with van der Waals surface area (Å²) in [5.41, 5.74) is 4.23. The first-order valence-corrected chi connectivity index (χ1v) is 13.2. The van der Waals surface area contributed by atoms with Crippen LogP contribution in [0.25, 0.3) is 0 Å². The fourth-order valence-corrected chi connectivity index (χ4v) is 6.23. The standard InChI is InChI=1S/C30H30ClN3O2/c31-25-9-7-22(8-10-25)26-16-27(26)28(35)33-14-11-30(12-15-33)17-23-5-1-2-6-24(23)20-34(29(30)36)19-21-4-3-13-32-18-21/h1-10,13,18,26-27H,11-12,14-17,19-20H2/t26-,27-/m1/s1. The van der Waals surface area contributed by atoms with E-state index in [1.165, 1.54) is 16.7 Å². The predicted molar refractivity (Wildman–Crippen MR) is 139 cm³/mol. The van der Waals surface area contributed by atoms with E-state index in [0.717, 1.165) is 23.4 Å². The van der Waals surface area contributed by atoms with Gasteiger partial charge in [-0.25, -0.2) is 0 Å². The van der Waals surface area contributed by atoms with Gasteiger partial charge in [0.05, 0.1) is 5.41 Å². The lowest BCUT2D eigenvalue weighted by atomic mass is 9.72. The van der Waals surface area contributed by atoms with Crippen molar-refractivity contribution in [3.8, 4) is 0 Å². The highest BCUT2D eigenvalue weighted by atomic mass is 35.5. The Balaban J connectivity index is 1.18. The molecule has 5 nitrogen and oxygen atoms in total. The normalized spacial score (nSPS) is 22.8. The second kappa shape index (κ2) is 9.36. The van der Waals surface area contributed by atoms with Gasteiger partial charge in [0, 0.05) is 49.5 Å². The van der Waals surface area contributed by atoms with Gasteiger partial charge < -0.3 is 9.80 Å². The van der Waals surface area contributed by atoms with Gasteiger partial charge in [-0.1, -0.05) is 54.1 Å². The molecule has 6 rings (SSSR count). The number of halogens is 1. The second-order valence-electron chi connectivity index (χ2n) is 10.6. The average molecular weight is 500 g/mol. The lowest BCUT2D eigenvalue weighted by molar-refractivity contribution is -0.149. The Bertz CT molecular complexity index is 1270. The minimum absolute atomic E-state index is 0.0489. The Labute approximate surface area is 217 Å². The third-order valence-corrected chi connectivity index (χ3v) is 8.54. The Morgan fingerprint density at radius 2 is 1.75 bits per heavy atom. The zero-order valence-electron chi connectivity index (χ0n) is 20.3. The molecule has 0 bridgehead atoms. The maximum atomic E-state index is 14.1. The maximum absolute atomic E-state index is 14.1. The molecular weight excluding hydrogens is 470 g/mol. The number of carbonyl (C=O) groups excluding carboxylic acids is 2. The fourth-order valence-electron chi connectivity index (χ4n) is 6.10. The van der Waals surface area contributed by atoms with Gasteiger partial charge in [0.2, 0.25) is 11.8 Å². The molecular formula is C30H30ClN3O2. The molecule has 2 amide bonds. The van der Waals surface area contributed by atoms with Gasteiger partial charge in [0.25, 0.3) is 0 Å². The van der Waals surface area contributed by atoms with Gasteiger partial charge in [-0.15, -0.1) is 0 Å². The van der Waals surface area contributed by atoms with E-state index in [1.54, 1.807) is 6.20 Å². The molecule has 0 radical (unpaired) electrons. The van der Waals surface area contributed by atoms with Crippen LogP contribution in [0.3, 0.4) is 0 Å². The minimum Gasteiger partial charge on any atom is -0.342 e. The number of piperidine rings is 1. The summed E-state index contributed by atoms with van der Waals surface area (Å²) in [5, 5.41) is 0.718. The Kier molecular flexibility index (Phi) is 6.04. The SMILES string of the molecule is O=C([C@@H]1C[C@@H]1c1ccc(Cl)cc1)N1CCC2(CC1)Cc1ccccc1CN(Cc1cccnc1)C2=O. The number of rotatable bonds is 4. The number of nitrogens with zero attached hydrogens (tertiary/aromatic N) is 3. The van der Waals surface area contributed by atoms with Gasteiger partial charge in [-0.3, -0.25) is 14.6 Å². The lowest BCUT2D eigenvalue weighted by Crippen LogP contribution is -2.51. The van der Waals surface area contributed by atoms with E-state index in [4.69, 9.17) is 11.6 Å². The van der Waals surface area contributed by atoms with Gasteiger partial charge in [-0.2, -0.15) is 0 Å². The number of likely N-dealkylation sites (tertiary alicyclic amines) is 1. The molecule has 1 spiro atoms. The fraction of sp³-hybridized carbons (Fsp3) is 0.367. The van der Waals surface area contributed by atoms with Crippen molar-refractivity contribution in [2.45, 2.75) is 44.7 Å². The topological polar surface area (TPSA) is 53.5 Å². The third-order valence-electron chi connectivity index (χ3n) is 8.28. The number of hydrogen-bond acceptors (Lipinski definition) is 3. The van der Waals surface area contributed by atoms with Crippen molar-refractivity contribution in [1.82, 2.24) is 14.8 Å². The molecule has 2 aliphatic heterocycles. The molecule has 0 N–H and O–H groups in total. The van der Waals surface area contributed by atoms with E-state index in [2.05, 4.69) is 29.2 Å². The van der Waals surface area contributed by atoms with Gasteiger partial charge in [0.15, 0.2) is 0 Å². The van der Waals surface area contributed by atoms with E-state index in [0.29, 0.717) is 39.0 Å². The van der Waals surface area contributed by atoms with E-state index < -0.39 is 5.41 Å². The summed E-state index contributed by atoms with van der Waals surface area (Å²) >= 11 is 6.03. The van der Waals surface area contributed by atoms with Crippen molar-refractivity contribution < 1.29 is 9.59 Å². The summed E-state index contributed by atoms with van der Waals surface area (Å²) in [5.74, 6) is 0.776. The minimum atomic E-state index is -0.468. The molecule has 1 aliphatic carbocycles. The quantitative estimate of drug-likeness (QED) is 0.493. The van der Waals surface area contributed by atoms with E-state index in [-0.39, 0.29) is 23.7 Å². The molecule has 1 saturated carbocycles. The molecule has 3 aromatic rings. The van der Waals surface area contributed by atoms with E-state index in [9.17, 15) is 9.59 Å². The Hall–Kier alpha value is -3.18. The summed E-state index contributed by atoms with van der Waals surface area (Å²) in [7, 11) is 0. The number of carbonyl (C=O) groups is 2. The third kappa shape index (κ3) is 4.41. The molecule has 2 aromatic carbocycles. The average Bonchev–Trinajstić information content (AvgIpc) is 3.72. The van der Waals surface area contributed by atoms with Gasteiger partial charge in [0.1, 0.15) is 0 Å². The highest BCUT2D eigenvalue weighted by Gasteiger charge is 2.50. The van der Waals surface area contributed by atoms with Crippen LogP contribution in [0.15, 0.2) is 73.1 Å². The number of amides is 2. The van der Waals surface area contributed by atoms with E-state index in [1.807, 2.05) is 52.4 Å². The van der Waals surface area contributed by atoms with Crippen LogP contribution in [-0.2, 0) is 29.1 Å². The number of aromatic nitrogens is 1. The van der Waals surface area contributed by atoms with Crippen LogP contribution >= 0.6 is 11.6 Å². The van der Waals surface area contributed by atoms with Crippen molar-refractivity contribution in [3.05, 3.63) is 100 Å². The van der Waals surface area contributed by atoms with Crippen LogP contribution in [0.5, 0.6) is 0 Å². The second-order valence-corrected chi connectivity index (χ2v) is 11.0. The van der Waals surface area contributed by atoms with Crippen molar-refractivity contribution in [2.24, 2.45) is 11.3 Å². The zero-order valence-corrected chi connectivity index (χ0v) is 21.0. The monoisotopic (exact) mass is 499 g/mol. The first-order valence-electron chi connectivity index (χ1n) is 12.8. The van der Waals surface area contributed by atoms with Crippen molar-refractivity contribution in [3.63, 3.8) is 0 Å². The number of hydrogen-bond donors (Lipinski definition) is 0. The summed E-state index contributed by atoms with van der Waals surface area (Å²) in [4.78, 5) is 35.6. The molecule has 1 aromatic heterocycles. The first kappa shape index (κ1) is 23.2. The molecule has 2 fully saturated rings. The molecule has 184 valence electrons. The largest absolute Gasteiger partial charge is 0.342 e. The van der Waals surface area contributed by atoms with Crippen molar-refractivity contribution >= 4 is 23.4 Å². The molecule has 1 saturated heterocycles. The van der Waals surface area contributed by atoms with Gasteiger partial charge >= 0.3 is 0 Å². The van der Waals surface area contributed by atoms with E-state index >= 15 is 0 Å². The molecule has 3 aliphatic rings. The van der Waals surface area contributed by atoms with Crippen LogP contribution in [0.2, 0.25) is 5.02 Å². The van der Waals surface area contributed by atoms with Crippen LogP contribution in [0.1, 0.15) is 47.4 Å². The van der Waals surface area contributed by atoms with Crippen molar-refractivity contribution in [2.75, 3.05) is 13.1 Å². The molecule has 36 heavy (non-hydrogen) atoms. The number of pyridine rings is 1. The van der Waals surface area contributed by atoms with Gasteiger partial charge in [-0.05, 0) is 72.1 Å². The molecule has 0 unspecified atom stereocenters. The van der Waals surface area contributed by atoms with Crippen LogP contribution < -0.4 is 0 Å². The summed E-state index contributed by atoms with van der Waals surface area (Å²) < 4.78 is 0. The highest BCUT2D eigenvalue weighted by Crippen LogP contribution is 2.49. The summed E-state index contributed by atoms with van der Waals surface area (Å²) in [6, 6.07) is 20.2. The molecule has 2 atom stereocenters. The maximum Gasteiger partial charge on any atom is 0.229 e. The van der Waals surface area contributed by atoms with Crippen LogP contribution in [0, 0.1) is 11.3 Å². The molecule has 6 heteroatoms. The predicted octanol–water partition coefficient (Wildman–Crippen LogP) is 5.23. The highest BCUT2D eigenvalue weighted by molar-refractivity contribution is 6.30. The summed E-state index contributed by atoms with van der Waals surface area (Å²) in [6.45, 7) is 2.43. The first-order chi connectivity index (χ1) is 17.5. The zero-order chi connectivity index (χ0) is 24.7. The molecule has 3 heterocycles. The lowest BCUT2D eigenvalue weighted by Gasteiger charge is -2.42. The number of benzene rings is 2.